The van der Waals surface area contributed by atoms with Gasteiger partial charge in [-0.1, -0.05) is 23.4 Å². The second-order valence-corrected chi connectivity index (χ2v) is 8.11. The molecule has 0 radical (unpaired) electrons. The summed E-state index contributed by atoms with van der Waals surface area (Å²) in [4.78, 5) is 16.1. The average molecular weight is 379 g/mol. The van der Waals surface area contributed by atoms with Crippen LogP contribution in [0.5, 0.6) is 0 Å². The van der Waals surface area contributed by atoms with Gasteiger partial charge in [0.15, 0.2) is 15.7 Å². The number of nitrogens with zero attached hydrogens (tertiary/aromatic N) is 2. The number of benzene rings is 1. The minimum absolute atomic E-state index is 0.0867. The number of ether oxygens (including phenoxy) is 1. The van der Waals surface area contributed by atoms with E-state index in [9.17, 15) is 13.2 Å². The Morgan fingerprint density at radius 3 is 2.81 bits per heavy atom. The Morgan fingerprint density at radius 2 is 2.08 bits per heavy atom. The van der Waals surface area contributed by atoms with E-state index in [1.165, 1.54) is 12.1 Å². The summed E-state index contributed by atoms with van der Waals surface area (Å²) in [5, 5.41) is 6.51. The Balaban J connectivity index is 1.47. The van der Waals surface area contributed by atoms with Crippen LogP contribution in [0.3, 0.4) is 0 Å². The number of nitrogens with one attached hydrogen (secondary N) is 1. The lowest BCUT2D eigenvalue weighted by atomic mass is 10.2. The molecule has 0 aliphatic carbocycles. The molecular formula is C17H21N3O5S. The van der Waals surface area contributed by atoms with E-state index >= 15 is 0 Å². The third kappa shape index (κ3) is 5.12. The highest BCUT2D eigenvalue weighted by Crippen LogP contribution is 2.15. The number of hydrogen-bond donors (Lipinski definition) is 1. The lowest BCUT2D eigenvalue weighted by molar-refractivity contribution is -0.121. The summed E-state index contributed by atoms with van der Waals surface area (Å²) in [6, 6.07) is 8.10. The van der Waals surface area contributed by atoms with E-state index in [2.05, 4.69) is 15.5 Å². The highest BCUT2D eigenvalue weighted by molar-refractivity contribution is 7.90. The molecule has 2 heterocycles. The minimum atomic E-state index is -3.53. The second kappa shape index (κ2) is 8.41. The molecule has 1 aromatic heterocycles. The van der Waals surface area contributed by atoms with E-state index in [4.69, 9.17) is 9.26 Å². The first-order valence-electron chi connectivity index (χ1n) is 8.50. The van der Waals surface area contributed by atoms with Crippen molar-refractivity contribution >= 4 is 15.7 Å². The maximum atomic E-state index is 12.3. The van der Waals surface area contributed by atoms with Gasteiger partial charge in [0.1, 0.15) is 5.75 Å². The highest BCUT2D eigenvalue weighted by Gasteiger charge is 2.20. The van der Waals surface area contributed by atoms with Gasteiger partial charge in [0.05, 0.1) is 11.0 Å². The number of rotatable bonds is 8. The summed E-state index contributed by atoms with van der Waals surface area (Å²) in [5.41, 5.74) is 0. The molecule has 0 saturated carbocycles. The van der Waals surface area contributed by atoms with E-state index in [-0.39, 0.29) is 47.2 Å². The molecule has 0 spiro atoms. The van der Waals surface area contributed by atoms with Gasteiger partial charge in [0.25, 0.3) is 0 Å². The van der Waals surface area contributed by atoms with Crippen LogP contribution in [0.25, 0.3) is 0 Å². The molecule has 1 aliphatic rings. The van der Waals surface area contributed by atoms with Crippen LogP contribution in [0.1, 0.15) is 31.0 Å². The molecule has 1 unspecified atom stereocenters. The van der Waals surface area contributed by atoms with Crippen molar-refractivity contribution in [1.82, 2.24) is 15.5 Å². The van der Waals surface area contributed by atoms with E-state index in [1.54, 1.807) is 18.2 Å². The maximum absolute atomic E-state index is 12.3. The quantitative estimate of drug-likeness (QED) is 0.735. The van der Waals surface area contributed by atoms with Crippen molar-refractivity contribution in [3.8, 4) is 0 Å². The molecule has 26 heavy (non-hydrogen) atoms. The first kappa shape index (κ1) is 18.5. The molecule has 1 N–H and O–H groups in total. The van der Waals surface area contributed by atoms with E-state index in [0.29, 0.717) is 6.54 Å². The fourth-order valence-corrected chi connectivity index (χ4v) is 3.87. The molecular weight excluding hydrogens is 358 g/mol. The fourth-order valence-electron chi connectivity index (χ4n) is 2.67. The van der Waals surface area contributed by atoms with Crippen molar-refractivity contribution in [3.05, 3.63) is 42.0 Å². The molecule has 1 aromatic carbocycles. The number of carbonyl (C=O) groups is 1. The molecule has 1 aliphatic heterocycles. The number of hydrogen-bond acceptors (Lipinski definition) is 7. The molecule has 140 valence electrons. The van der Waals surface area contributed by atoms with Crippen molar-refractivity contribution < 1.29 is 22.5 Å². The summed E-state index contributed by atoms with van der Waals surface area (Å²) in [6.07, 6.45) is 2.53. The number of sulfone groups is 1. The Hall–Kier alpha value is -2.26. The Morgan fingerprint density at radius 1 is 1.27 bits per heavy atom. The molecule has 0 bridgehead atoms. The lowest BCUT2D eigenvalue weighted by Crippen LogP contribution is -2.31. The van der Waals surface area contributed by atoms with Gasteiger partial charge in [-0.2, -0.15) is 4.98 Å². The van der Waals surface area contributed by atoms with Gasteiger partial charge >= 0.3 is 0 Å². The van der Waals surface area contributed by atoms with Crippen LogP contribution in [-0.4, -0.2) is 43.7 Å². The normalized spacial score (nSPS) is 17.3. The average Bonchev–Trinajstić information content (AvgIpc) is 3.30. The first-order chi connectivity index (χ1) is 12.5. The predicted octanol–water partition coefficient (Wildman–Crippen LogP) is 1.27. The van der Waals surface area contributed by atoms with Crippen molar-refractivity contribution in [2.24, 2.45) is 0 Å². The maximum Gasteiger partial charge on any atom is 0.227 e. The van der Waals surface area contributed by atoms with Crippen LogP contribution >= 0.6 is 0 Å². The van der Waals surface area contributed by atoms with Crippen LogP contribution in [-0.2, 0) is 31.5 Å². The number of aromatic nitrogens is 2. The van der Waals surface area contributed by atoms with Crippen LogP contribution in [0.2, 0.25) is 0 Å². The Bertz CT molecular complexity index is 829. The van der Waals surface area contributed by atoms with Gasteiger partial charge in [-0.05, 0) is 25.0 Å². The number of aryl methyl sites for hydroxylation is 1. The summed E-state index contributed by atoms with van der Waals surface area (Å²) in [7, 11) is -3.53. The van der Waals surface area contributed by atoms with E-state index < -0.39 is 9.84 Å². The van der Waals surface area contributed by atoms with E-state index in [0.717, 1.165) is 19.4 Å². The first-order valence-corrected chi connectivity index (χ1v) is 10.2. The number of amides is 1. The van der Waals surface area contributed by atoms with Crippen molar-refractivity contribution in [1.29, 1.82) is 0 Å². The van der Waals surface area contributed by atoms with Crippen molar-refractivity contribution in [2.45, 2.75) is 42.4 Å². The highest BCUT2D eigenvalue weighted by atomic mass is 32.2. The van der Waals surface area contributed by atoms with Crippen LogP contribution in [0.4, 0.5) is 0 Å². The third-order valence-electron chi connectivity index (χ3n) is 4.05. The minimum Gasteiger partial charge on any atom is -0.376 e. The summed E-state index contributed by atoms with van der Waals surface area (Å²) >= 11 is 0. The SMILES string of the molecule is O=C(CCc1nc(CS(=O)(=O)c2ccccc2)no1)NCC1CCCO1. The molecule has 8 nitrogen and oxygen atoms in total. The molecule has 1 saturated heterocycles. The zero-order valence-corrected chi connectivity index (χ0v) is 15.1. The van der Waals surface area contributed by atoms with Gasteiger partial charge in [0.2, 0.25) is 11.8 Å². The summed E-state index contributed by atoms with van der Waals surface area (Å²) < 4.78 is 35.1. The summed E-state index contributed by atoms with van der Waals surface area (Å²) in [5.74, 6) is -0.137. The topological polar surface area (TPSA) is 111 Å². The standard InChI is InChI=1S/C17H21N3O5S/c21-16(18-11-13-5-4-10-24-13)8-9-17-19-15(20-25-17)12-26(22,23)14-6-2-1-3-7-14/h1-3,6-7,13H,4-5,8-12H2,(H,18,21). The molecule has 1 atom stereocenters. The van der Waals surface area contributed by atoms with Gasteiger partial charge in [-0.15, -0.1) is 0 Å². The molecule has 1 fully saturated rings. The van der Waals surface area contributed by atoms with Crippen LogP contribution in [0, 0.1) is 0 Å². The molecule has 2 aromatic rings. The lowest BCUT2D eigenvalue weighted by Gasteiger charge is -2.09. The zero-order valence-electron chi connectivity index (χ0n) is 14.3. The molecule has 9 heteroatoms. The molecule has 1 amide bonds. The van der Waals surface area contributed by atoms with Gasteiger partial charge in [0, 0.05) is 26.0 Å². The fraction of sp³-hybridized carbons (Fsp3) is 0.471. The third-order valence-corrected chi connectivity index (χ3v) is 5.68. The van der Waals surface area contributed by atoms with E-state index in [1.807, 2.05) is 0 Å². The van der Waals surface area contributed by atoms with Crippen LogP contribution in [0.15, 0.2) is 39.8 Å². The smallest absolute Gasteiger partial charge is 0.227 e. The Kier molecular flexibility index (Phi) is 6.00. The summed E-state index contributed by atoms with van der Waals surface area (Å²) in [6.45, 7) is 1.25. The van der Waals surface area contributed by atoms with Gasteiger partial charge < -0.3 is 14.6 Å². The Labute approximate surface area is 151 Å². The second-order valence-electron chi connectivity index (χ2n) is 6.12. The largest absolute Gasteiger partial charge is 0.376 e. The zero-order chi connectivity index (χ0) is 18.4. The van der Waals surface area contributed by atoms with Crippen molar-refractivity contribution in [2.75, 3.05) is 13.2 Å². The van der Waals surface area contributed by atoms with Crippen molar-refractivity contribution in [3.63, 3.8) is 0 Å². The van der Waals surface area contributed by atoms with Crippen LogP contribution < -0.4 is 5.32 Å². The van der Waals surface area contributed by atoms with Gasteiger partial charge in [-0.3, -0.25) is 4.79 Å². The monoisotopic (exact) mass is 379 g/mol. The predicted molar refractivity (Wildman–Crippen MR) is 91.9 cm³/mol. The van der Waals surface area contributed by atoms with Gasteiger partial charge in [-0.25, -0.2) is 8.42 Å². The molecule has 3 rings (SSSR count). The number of carbonyl (C=O) groups excluding carboxylic acids is 1.